The fourth-order valence-electron chi connectivity index (χ4n) is 5.16. The number of amidine groups is 1. The van der Waals surface area contributed by atoms with Crippen LogP contribution in [0.1, 0.15) is 34.1 Å². The average molecular weight is 423 g/mol. The van der Waals surface area contributed by atoms with Gasteiger partial charge in [-0.25, -0.2) is 4.79 Å². The van der Waals surface area contributed by atoms with Gasteiger partial charge in [-0.1, -0.05) is 6.92 Å². The Morgan fingerprint density at radius 1 is 1.34 bits per heavy atom. The van der Waals surface area contributed by atoms with Crippen LogP contribution in [0.5, 0.6) is 0 Å². The zero-order valence-corrected chi connectivity index (χ0v) is 18.1. The first kappa shape index (κ1) is 20.7. The Kier molecular flexibility index (Phi) is 5.41. The lowest BCUT2D eigenvalue weighted by Crippen LogP contribution is -2.63. The number of aliphatic carboxylic acids is 1. The molecular weight excluding hydrogens is 392 g/mol. The van der Waals surface area contributed by atoms with E-state index in [9.17, 15) is 19.8 Å². The number of rotatable bonds is 6. The molecule has 0 radical (unpaired) electrons. The van der Waals surface area contributed by atoms with Crippen molar-refractivity contribution < 1.29 is 19.8 Å². The summed E-state index contributed by atoms with van der Waals surface area (Å²) in [6.45, 7) is 10.5. The molecular formula is C20H30N4O4S. The quantitative estimate of drug-likeness (QED) is 0.542. The SMILES string of the molecule is CC(C)N1CCN=C1[C@@H]1C[C@H](SC2=C(C(=O)O)N3C(=O)[C@@H]([C@@H](C)O)[C@H]3[C@H]2C)CN1. The number of aliphatic hydroxyl groups is 1. The first-order chi connectivity index (χ1) is 13.7. The van der Waals surface area contributed by atoms with E-state index in [1.54, 1.807) is 18.7 Å². The topological polar surface area (TPSA) is 105 Å². The molecule has 0 aromatic rings. The van der Waals surface area contributed by atoms with Gasteiger partial charge in [0, 0.05) is 35.2 Å². The summed E-state index contributed by atoms with van der Waals surface area (Å²) in [5.41, 5.74) is 0.111. The van der Waals surface area contributed by atoms with Gasteiger partial charge in [-0.3, -0.25) is 9.79 Å². The number of β-lactam (4-membered cyclic amide) rings is 1. The van der Waals surface area contributed by atoms with Crippen LogP contribution in [-0.4, -0.2) is 86.8 Å². The number of thioether (sulfide) groups is 1. The first-order valence-corrected chi connectivity index (χ1v) is 11.3. The summed E-state index contributed by atoms with van der Waals surface area (Å²) in [6, 6.07) is 0.344. The van der Waals surface area contributed by atoms with Gasteiger partial charge in [0.2, 0.25) is 5.91 Å². The molecule has 0 bridgehead atoms. The smallest absolute Gasteiger partial charge is 0.353 e. The minimum atomic E-state index is -1.06. The highest BCUT2D eigenvalue weighted by atomic mass is 32.2. The Balaban J connectivity index is 1.49. The molecule has 2 fully saturated rings. The highest BCUT2D eigenvalue weighted by Gasteiger charge is 2.60. The van der Waals surface area contributed by atoms with Gasteiger partial charge in [0.05, 0.1) is 30.7 Å². The molecule has 29 heavy (non-hydrogen) atoms. The van der Waals surface area contributed by atoms with Crippen molar-refractivity contribution in [3.63, 3.8) is 0 Å². The molecule has 0 unspecified atom stereocenters. The largest absolute Gasteiger partial charge is 0.477 e. The van der Waals surface area contributed by atoms with Crippen LogP contribution in [0.25, 0.3) is 0 Å². The van der Waals surface area contributed by atoms with Crippen molar-refractivity contribution in [3.05, 3.63) is 10.6 Å². The van der Waals surface area contributed by atoms with Crippen molar-refractivity contribution in [3.8, 4) is 0 Å². The van der Waals surface area contributed by atoms with E-state index in [4.69, 9.17) is 4.99 Å². The molecule has 1 amide bonds. The number of carbonyl (C=O) groups is 2. The van der Waals surface area contributed by atoms with Crippen molar-refractivity contribution in [1.82, 2.24) is 15.1 Å². The molecule has 4 heterocycles. The van der Waals surface area contributed by atoms with E-state index in [1.165, 1.54) is 4.90 Å². The summed E-state index contributed by atoms with van der Waals surface area (Å²) in [4.78, 5) is 33.6. The third-order valence-corrected chi connectivity index (χ3v) is 8.05. The Labute approximate surface area is 175 Å². The number of carboxylic acid groups (broad SMARTS) is 1. The van der Waals surface area contributed by atoms with Crippen molar-refractivity contribution in [2.45, 2.75) is 63.6 Å². The fraction of sp³-hybridized carbons (Fsp3) is 0.750. The molecule has 0 aliphatic carbocycles. The number of carboxylic acids is 1. The van der Waals surface area contributed by atoms with E-state index in [2.05, 4.69) is 24.1 Å². The highest BCUT2D eigenvalue weighted by Crippen LogP contribution is 2.51. The Morgan fingerprint density at radius 3 is 2.69 bits per heavy atom. The minimum Gasteiger partial charge on any atom is -0.477 e. The van der Waals surface area contributed by atoms with Gasteiger partial charge in [-0.15, -0.1) is 11.8 Å². The summed E-state index contributed by atoms with van der Waals surface area (Å²) in [5, 5.41) is 23.6. The summed E-state index contributed by atoms with van der Waals surface area (Å²) in [5.74, 6) is -0.825. The first-order valence-electron chi connectivity index (χ1n) is 10.4. The van der Waals surface area contributed by atoms with Crippen LogP contribution in [0.2, 0.25) is 0 Å². The van der Waals surface area contributed by atoms with Gasteiger partial charge in [0.25, 0.3) is 0 Å². The van der Waals surface area contributed by atoms with E-state index in [-0.39, 0.29) is 34.9 Å². The molecule has 0 spiro atoms. The Morgan fingerprint density at radius 2 is 2.07 bits per heavy atom. The van der Waals surface area contributed by atoms with Gasteiger partial charge >= 0.3 is 5.97 Å². The summed E-state index contributed by atoms with van der Waals surface area (Å²) in [6.07, 6.45) is 0.111. The van der Waals surface area contributed by atoms with Crippen molar-refractivity contribution in [2.24, 2.45) is 16.8 Å². The summed E-state index contributed by atoms with van der Waals surface area (Å²) >= 11 is 1.58. The van der Waals surface area contributed by atoms with Crippen LogP contribution < -0.4 is 5.32 Å². The molecule has 4 aliphatic rings. The van der Waals surface area contributed by atoms with Crippen LogP contribution in [0.15, 0.2) is 15.6 Å². The van der Waals surface area contributed by atoms with Gasteiger partial charge in [-0.2, -0.15) is 0 Å². The standard InChI is InChI=1S/C20H30N4O4S/c1-9(2)23-6-5-21-18(23)13-7-12(8-22-13)29-17-10(3)15-14(11(4)25)19(26)24(15)16(17)20(27)28/h9-15,22,25H,5-8H2,1-4H3,(H,27,28)/t10-,11-,12+,13+,14+,15-/m1/s1. The van der Waals surface area contributed by atoms with Crippen LogP contribution >= 0.6 is 11.8 Å². The molecule has 4 rings (SSSR count). The van der Waals surface area contributed by atoms with E-state index in [1.807, 2.05) is 6.92 Å². The van der Waals surface area contributed by atoms with Crippen LogP contribution in [-0.2, 0) is 9.59 Å². The number of fused-ring (bicyclic) bond motifs is 1. The van der Waals surface area contributed by atoms with Crippen LogP contribution in [0.4, 0.5) is 0 Å². The number of nitrogens with zero attached hydrogens (tertiary/aromatic N) is 3. The lowest BCUT2D eigenvalue weighted by atomic mass is 9.79. The predicted molar refractivity (Wildman–Crippen MR) is 112 cm³/mol. The molecule has 0 saturated carbocycles. The lowest BCUT2D eigenvalue weighted by molar-refractivity contribution is -0.163. The van der Waals surface area contributed by atoms with Gasteiger partial charge in [-0.05, 0) is 27.2 Å². The molecule has 160 valence electrons. The maximum atomic E-state index is 12.5. The summed E-state index contributed by atoms with van der Waals surface area (Å²) in [7, 11) is 0. The Hall–Kier alpha value is -1.58. The molecule has 2 saturated heterocycles. The minimum absolute atomic E-state index is 0.0848. The van der Waals surface area contributed by atoms with Gasteiger partial charge in [0.15, 0.2) is 0 Å². The second-order valence-electron chi connectivity index (χ2n) is 8.74. The van der Waals surface area contributed by atoms with Crippen molar-refractivity contribution in [1.29, 1.82) is 0 Å². The van der Waals surface area contributed by atoms with Crippen LogP contribution in [0.3, 0.4) is 0 Å². The number of hydrogen-bond acceptors (Lipinski definition) is 7. The lowest BCUT2D eigenvalue weighted by Gasteiger charge is -2.46. The number of aliphatic hydroxyl groups excluding tert-OH is 1. The molecule has 6 atom stereocenters. The third kappa shape index (κ3) is 3.27. The number of aliphatic imine (C=N–C) groups is 1. The van der Waals surface area contributed by atoms with E-state index < -0.39 is 18.0 Å². The maximum absolute atomic E-state index is 12.5. The number of hydrogen-bond donors (Lipinski definition) is 3. The molecule has 9 heteroatoms. The predicted octanol–water partition coefficient (Wildman–Crippen LogP) is 0.726. The van der Waals surface area contributed by atoms with E-state index in [0.29, 0.717) is 6.04 Å². The second kappa shape index (κ2) is 7.59. The Bertz CT molecular complexity index is 780. The van der Waals surface area contributed by atoms with E-state index >= 15 is 0 Å². The summed E-state index contributed by atoms with van der Waals surface area (Å²) < 4.78 is 0. The van der Waals surface area contributed by atoms with Gasteiger partial charge in [0.1, 0.15) is 11.5 Å². The maximum Gasteiger partial charge on any atom is 0.353 e. The number of amides is 1. The number of nitrogens with one attached hydrogen (secondary N) is 1. The normalized spacial score (nSPS) is 35.3. The third-order valence-electron chi connectivity index (χ3n) is 6.54. The van der Waals surface area contributed by atoms with Crippen molar-refractivity contribution in [2.75, 3.05) is 19.6 Å². The molecule has 8 nitrogen and oxygen atoms in total. The second-order valence-corrected chi connectivity index (χ2v) is 10.1. The molecule has 0 aromatic heterocycles. The molecule has 0 aromatic carbocycles. The van der Waals surface area contributed by atoms with Crippen LogP contribution in [0, 0.1) is 11.8 Å². The fourth-order valence-corrected chi connectivity index (χ4v) is 6.64. The zero-order chi connectivity index (χ0) is 21.0. The molecule has 3 N–H and O–H groups in total. The van der Waals surface area contributed by atoms with E-state index in [0.717, 1.165) is 36.8 Å². The highest BCUT2D eigenvalue weighted by molar-refractivity contribution is 8.03. The zero-order valence-electron chi connectivity index (χ0n) is 17.3. The van der Waals surface area contributed by atoms with Gasteiger partial charge < -0.3 is 25.3 Å². The number of carbonyl (C=O) groups excluding carboxylic acids is 1. The average Bonchev–Trinajstić information content (AvgIpc) is 3.33. The van der Waals surface area contributed by atoms with Crippen molar-refractivity contribution >= 4 is 29.5 Å². The molecule has 4 aliphatic heterocycles. The monoisotopic (exact) mass is 422 g/mol.